The summed E-state index contributed by atoms with van der Waals surface area (Å²) in [6.07, 6.45) is 9.65. The smallest absolute Gasteiger partial charge is 0.263 e. The Hall–Kier alpha value is -5.48. The SMILES string of the molecule is N=C1C(Nc2ccc(C(=O)NCCCCCC(=O)NCCCCCNC(=O)c3ccc(/C=C4\SC(=S)NC4=O)cc3)cc2)=CC=C(N=O)/C1=N/O. The molecule has 14 nitrogen and oxygen atoms in total. The van der Waals surface area contributed by atoms with E-state index in [4.69, 9.17) is 22.8 Å². The van der Waals surface area contributed by atoms with Crippen molar-refractivity contribution in [3.8, 4) is 0 Å². The van der Waals surface area contributed by atoms with Gasteiger partial charge in [-0.25, -0.2) is 0 Å². The molecule has 4 rings (SSSR count). The van der Waals surface area contributed by atoms with Crippen molar-refractivity contribution in [2.45, 2.75) is 44.9 Å². The molecule has 7 N–H and O–H groups in total. The fourth-order valence-electron chi connectivity index (χ4n) is 4.96. The van der Waals surface area contributed by atoms with Gasteiger partial charge in [-0.3, -0.25) is 24.6 Å². The summed E-state index contributed by atoms with van der Waals surface area (Å²) in [5.41, 5.74) is 2.12. The molecule has 0 aromatic heterocycles. The Morgan fingerprint density at radius 3 is 2.00 bits per heavy atom. The maximum Gasteiger partial charge on any atom is 0.263 e. The molecule has 0 saturated carbocycles. The van der Waals surface area contributed by atoms with Crippen LogP contribution in [-0.4, -0.2) is 64.2 Å². The number of amides is 4. The Labute approximate surface area is 304 Å². The Kier molecular flexibility index (Phi) is 14.8. The van der Waals surface area contributed by atoms with Crippen molar-refractivity contribution >= 4 is 75.1 Å². The van der Waals surface area contributed by atoms with Crippen molar-refractivity contribution in [3.63, 3.8) is 0 Å². The van der Waals surface area contributed by atoms with Gasteiger partial charge >= 0.3 is 0 Å². The van der Waals surface area contributed by atoms with E-state index in [0.29, 0.717) is 64.2 Å². The third-order valence-corrected chi connectivity index (χ3v) is 8.88. The average molecular weight is 731 g/mol. The monoisotopic (exact) mass is 730 g/mol. The largest absolute Gasteiger partial charge is 0.410 e. The van der Waals surface area contributed by atoms with Gasteiger partial charge in [-0.1, -0.05) is 47.7 Å². The number of nitroso groups, excluding NO2 is 1. The predicted octanol–water partition coefficient (Wildman–Crippen LogP) is 4.99. The molecule has 0 spiro atoms. The maximum absolute atomic E-state index is 12.5. The lowest BCUT2D eigenvalue weighted by Crippen LogP contribution is -2.26. The van der Waals surface area contributed by atoms with Crippen LogP contribution in [0.15, 0.2) is 87.3 Å². The van der Waals surface area contributed by atoms with Gasteiger partial charge in [0.25, 0.3) is 17.7 Å². The number of nitrogens with zero attached hydrogens (tertiary/aromatic N) is 2. The number of carbonyl (C=O) groups excluding carboxylic acids is 4. The van der Waals surface area contributed by atoms with Crippen LogP contribution in [0.4, 0.5) is 5.69 Å². The lowest BCUT2D eigenvalue weighted by molar-refractivity contribution is -0.121. The van der Waals surface area contributed by atoms with E-state index in [2.05, 4.69) is 36.9 Å². The van der Waals surface area contributed by atoms with Crippen LogP contribution < -0.4 is 26.6 Å². The summed E-state index contributed by atoms with van der Waals surface area (Å²) in [6.45, 7) is 1.58. The lowest BCUT2D eigenvalue weighted by Gasteiger charge is -2.15. The third-order valence-electron chi connectivity index (χ3n) is 7.72. The summed E-state index contributed by atoms with van der Waals surface area (Å²) in [7, 11) is 0. The summed E-state index contributed by atoms with van der Waals surface area (Å²) >= 11 is 6.20. The number of hydrogen-bond acceptors (Lipinski definition) is 12. The minimum atomic E-state index is -0.238. The highest BCUT2D eigenvalue weighted by molar-refractivity contribution is 8.26. The van der Waals surface area contributed by atoms with Gasteiger partial charge in [-0.05, 0) is 97.5 Å². The summed E-state index contributed by atoms with van der Waals surface area (Å²) in [6, 6.07) is 13.6. The zero-order valence-corrected chi connectivity index (χ0v) is 29.3. The molecule has 1 saturated heterocycles. The quantitative estimate of drug-likeness (QED) is 0.0209. The number of allylic oxidation sites excluding steroid dienone is 4. The summed E-state index contributed by atoms with van der Waals surface area (Å²) in [5.74, 6) is -0.626. The number of benzene rings is 2. The number of anilines is 1. The first-order valence-electron chi connectivity index (χ1n) is 16.3. The van der Waals surface area contributed by atoms with E-state index in [1.165, 1.54) is 23.9 Å². The molecule has 0 bridgehead atoms. The molecule has 1 aliphatic heterocycles. The Morgan fingerprint density at radius 1 is 0.843 bits per heavy atom. The molecule has 51 heavy (non-hydrogen) atoms. The first kappa shape index (κ1) is 38.3. The number of nitrogens with one attached hydrogen (secondary N) is 6. The molecule has 2 aromatic carbocycles. The van der Waals surface area contributed by atoms with Crippen molar-refractivity contribution in [1.82, 2.24) is 21.3 Å². The van der Waals surface area contributed by atoms with E-state index in [0.717, 1.165) is 37.7 Å². The van der Waals surface area contributed by atoms with Crippen molar-refractivity contribution in [2.24, 2.45) is 10.3 Å². The number of hydrogen-bond donors (Lipinski definition) is 7. The van der Waals surface area contributed by atoms with Crippen LogP contribution in [0.3, 0.4) is 0 Å². The van der Waals surface area contributed by atoms with E-state index >= 15 is 0 Å². The van der Waals surface area contributed by atoms with Gasteiger partial charge in [-0.2, -0.15) is 0 Å². The second-order valence-electron chi connectivity index (χ2n) is 11.5. The van der Waals surface area contributed by atoms with Crippen LogP contribution in [0.25, 0.3) is 6.08 Å². The number of unbranched alkanes of at least 4 members (excludes halogenated alkanes) is 4. The molecular formula is C35H38N8O6S2. The molecule has 1 heterocycles. The molecule has 16 heteroatoms. The number of thioether (sulfide) groups is 1. The molecule has 1 fully saturated rings. The highest BCUT2D eigenvalue weighted by Gasteiger charge is 2.23. The van der Waals surface area contributed by atoms with Crippen LogP contribution in [0, 0.1) is 10.3 Å². The van der Waals surface area contributed by atoms with Crippen LogP contribution >= 0.6 is 24.0 Å². The summed E-state index contributed by atoms with van der Waals surface area (Å²) in [5, 5.41) is 37.2. The topological polar surface area (TPSA) is 214 Å². The second-order valence-corrected chi connectivity index (χ2v) is 13.2. The average Bonchev–Trinajstić information content (AvgIpc) is 3.45. The number of rotatable bonds is 18. The molecule has 2 aromatic rings. The molecule has 266 valence electrons. The fourth-order valence-corrected chi connectivity index (χ4v) is 6.01. The van der Waals surface area contributed by atoms with Crippen LogP contribution in [0.1, 0.15) is 71.2 Å². The van der Waals surface area contributed by atoms with Gasteiger partial charge in [-0.15, -0.1) is 4.91 Å². The van der Waals surface area contributed by atoms with Crippen molar-refractivity contribution in [3.05, 3.63) is 98.6 Å². The van der Waals surface area contributed by atoms with E-state index in [1.54, 1.807) is 54.6 Å². The third kappa shape index (κ3) is 11.8. The molecule has 0 unspecified atom stereocenters. The highest BCUT2D eigenvalue weighted by atomic mass is 32.2. The number of oxime groups is 1. The van der Waals surface area contributed by atoms with Gasteiger partial charge in [0.2, 0.25) is 5.91 Å². The van der Waals surface area contributed by atoms with Crippen LogP contribution in [0.5, 0.6) is 0 Å². The fraction of sp³-hybridized carbons (Fsp3) is 0.286. The van der Waals surface area contributed by atoms with E-state index in [-0.39, 0.29) is 40.7 Å². The molecular weight excluding hydrogens is 693 g/mol. The molecule has 4 amide bonds. The first-order valence-corrected chi connectivity index (χ1v) is 17.5. The first-order chi connectivity index (χ1) is 24.7. The van der Waals surface area contributed by atoms with Gasteiger partial charge < -0.3 is 31.8 Å². The molecule has 0 radical (unpaired) electrons. The standard InChI is InChI=1S/C35H38N8O6S2/c36-30-26(16-17-27(42-48)31(30)43-49)40-25-14-12-24(13-15-25)33(46)38-19-4-1-3-7-29(44)37-18-5-2-6-20-39-32(45)23-10-8-22(9-11-23)21-28-34(47)41-35(50)51-28/h8-17,21,36,40,49H,1-7,18-20H2,(H,37,44)(H,38,46)(H,39,45)(H,41,47,50)/b28-21-,36-30?,43-31-. The van der Waals surface area contributed by atoms with E-state index in [9.17, 15) is 24.1 Å². The second kappa shape index (κ2) is 19.6. The zero-order valence-electron chi connectivity index (χ0n) is 27.6. The minimum Gasteiger partial charge on any atom is -0.410 e. The van der Waals surface area contributed by atoms with E-state index in [1.807, 2.05) is 0 Å². The Balaban J connectivity index is 1.00. The Bertz CT molecular complexity index is 1790. The van der Waals surface area contributed by atoms with Crippen molar-refractivity contribution in [1.29, 1.82) is 5.41 Å². The zero-order chi connectivity index (χ0) is 36.6. The van der Waals surface area contributed by atoms with Crippen LogP contribution in [-0.2, 0) is 9.59 Å². The number of thiocarbonyl (C=S) groups is 1. The minimum absolute atomic E-state index is 0.00846. The van der Waals surface area contributed by atoms with E-state index < -0.39 is 0 Å². The lowest BCUT2D eigenvalue weighted by atomic mass is 10.0. The highest BCUT2D eigenvalue weighted by Crippen LogP contribution is 2.26. The molecule has 1 aliphatic carbocycles. The van der Waals surface area contributed by atoms with Gasteiger partial charge in [0.1, 0.15) is 15.7 Å². The van der Waals surface area contributed by atoms with Crippen molar-refractivity contribution in [2.75, 3.05) is 25.0 Å². The summed E-state index contributed by atoms with van der Waals surface area (Å²) < 4.78 is 0.429. The number of carbonyl (C=O) groups is 4. The predicted molar refractivity (Wildman–Crippen MR) is 202 cm³/mol. The van der Waals surface area contributed by atoms with Crippen LogP contribution in [0.2, 0.25) is 0 Å². The van der Waals surface area contributed by atoms with Gasteiger partial charge in [0, 0.05) is 42.9 Å². The molecule has 0 atom stereocenters. The summed E-state index contributed by atoms with van der Waals surface area (Å²) in [4.78, 5) is 60.2. The normalized spacial score (nSPS) is 15.6. The van der Waals surface area contributed by atoms with Gasteiger partial charge in [0.05, 0.1) is 10.6 Å². The Morgan fingerprint density at radius 2 is 1.43 bits per heavy atom. The van der Waals surface area contributed by atoms with Crippen molar-refractivity contribution < 1.29 is 24.4 Å². The maximum atomic E-state index is 12.5. The van der Waals surface area contributed by atoms with Gasteiger partial charge in [0.15, 0.2) is 5.71 Å². The molecule has 2 aliphatic rings.